The van der Waals surface area contributed by atoms with Gasteiger partial charge in [0.05, 0.1) is 33.1 Å². The zero-order valence-electron chi connectivity index (χ0n) is 78.6. The summed E-state index contributed by atoms with van der Waals surface area (Å²) in [5.41, 5.74) is 44.7. The number of fused-ring (bicyclic) bond motifs is 17. The molecular formula is C137H94N6. The molecule has 0 unspecified atom stereocenters. The minimum atomic E-state index is 0.875. The summed E-state index contributed by atoms with van der Waals surface area (Å²) in [6.45, 7) is 0. The molecule has 0 spiro atoms. The van der Waals surface area contributed by atoms with E-state index in [1.807, 2.05) is 0 Å². The average molecular weight is 1820 g/mol. The fraction of sp³-hybridized carbons (Fsp3) is 0.0219. The van der Waals surface area contributed by atoms with E-state index in [4.69, 9.17) is 0 Å². The zero-order valence-corrected chi connectivity index (χ0v) is 78.6. The van der Waals surface area contributed by atoms with Gasteiger partial charge in [0.1, 0.15) is 0 Å². The van der Waals surface area contributed by atoms with E-state index in [9.17, 15) is 0 Å². The van der Waals surface area contributed by atoms with Gasteiger partial charge in [-0.25, -0.2) is 0 Å². The second-order valence-corrected chi connectivity index (χ2v) is 37.8. The van der Waals surface area contributed by atoms with Crippen molar-refractivity contribution in [2.24, 2.45) is 0 Å². The fourth-order valence-electron chi connectivity index (χ4n) is 22.8. The van der Waals surface area contributed by atoms with Gasteiger partial charge in [-0.1, -0.05) is 346 Å². The maximum absolute atomic E-state index is 2.43. The predicted octanol–water partition coefficient (Wildman–Crippen LogP) is 36.8. The minimum absolute atomic E-state index is 0.875. The first-order chi connectivity index (χ1) is 70.9. The molecule has 0 N–H and O–H groups in total. The molecule has 0 aliphatic carbocycles. The van der Waals surface area contributed by atoms with Crippen molar-refractivity contribution in [3.05, 3.63) is 567 Å². The second kappa shape index (κ2) is 35.4. The highest BCUT2D eigenvalue weighted by Gasteiger charge is 2.31. The molecule has 3 aliphatic heterocycles. The number of para-hydroxylation sites is 9. The highest BCUT2D eigenvalue weighted by Crippen LogP contribution is 2.52. The van der Waals surface area contributed by atoms with Gasteiger partial charge in [-0.05, 0) is 310 Å². The first-order valence-corrected chi connectivity index (χ1v) is 49.5. The molecule has 672 valence electrons. The Morgan fingerprint density at radius 3 is 0.678 bits per heavy atom. The Balaban J connectivity index is 0.000000107. The van der Waals surface area contributed by atoms with Crippen molar-refractivity contribution < 1.29 is 0 Å². The Bertz CT molecular complexity index is 9250. The first-order valence-electron chi connectivity index (χ1n) is 49.5. The molecule has 0 radical (unpaired) electrons. The van der Waals surface area contributed by atoms with E-state index >= 15 is 0 Å². The van der Waals surface area contributed by atoms with Crippen LogP contribution in [0.5, 0.6) is 0 Å². The smallest absolute Gasteiger partial charge is 0.0541 e. The molecule has 0 bridgehead atoms. The molecule has 6 heteroatoms. The zero-order chi connectivity index (χ0) is 94.4. The monoisotopic (exact) mass is 1820 g/mol. The third-order valence-corrected chi connectivity index (χ3v) is 29.5. The van der Waals surface area contributed by atoms with Gasteiger partial charge in [-0.15, -0.1) is 0 Å². The number of hydrogen-bond acceptors (Lipinski definition) is 3. The fourth-order valence-corrected chi connectivity index (χ4v) is 22.8. The van der Waals surface area contributed by atoms with Crippen LogP contribution in [-0.2, 0) is 19.3 Å². The number of aromatic nitrogens is 3. The van der Waals surface area contributed by atoms with Crippen molar-refractivity contribution in [1.29, 1.82) is 0 Å². The number of hydrogen-bond donors (Lipinski definition) is 0. The highest BCUT2D eigenvalue weighted by atomic mass is 15.2. The third kappa shape index (κ3) is 15.0. The van der Waals surface area contributed by atoms with Crippen LogP contribution in [0.4, 0.5) is 51.2 Å². The number of nitrogens with zero attached hydrogens (tertiary/aromatic N) is 6. The summed E-state index contributed by atoms with van der Waals surface area (Å²) >= 11 is 0. The quantitative estimate of drug-likeness (QED) is 0.122. The van der Waals surface area contributed by atoms with E-state index in [1.165, 1.54) is 255 Å². The van der Waals surface area contributed by atoms with Crippen molar-refractivity contribution >= 4 is 138 Å². The summed E-state index contributed by atoms with van der Waals surface area (Å²) in [6, 6.07) is 195. The van der Waals surface area contributed by atoms with Gasteiger partial charge >= 0.3 is 0 Å². The molecule has 3 aliphatic rings. The summed E-state index contributed by atoms with van der Waals surface area (Å²) in [4.78, 5) is 7.27. The number of rotatable bonds is 12. The summed E-state index contributed by atoms with van der Waals surface area (Å²) in [5, 5.41) is 12.8. The SMILES string of the molecule is c1ccc(-c2ccc3c(c2)Cc2cc(-c4ccc(-n5c6ccccc6c6ccccc65)cc4)ccc2N3c2ccccc2)cc1.c1ccc(N2c3ccc(-c4ccc(-n5c6ccccc6c6ccccc65)cc4)cc3Cc3cc(-c4ccc5ccccc5c4)ccc32)cc1.c1ccc(N2c3ccc(-c4ccc(-n5c6ccccc6c6ccccc65)cc4)cc3Cc3cc(-c4cccc5ccccc45)ccc32)cc1. The Morgan fingerprint density at radius 1 is 0.126 bits per heavy atom. The number of anilines is 9. The predicted molar refractivity (Wildman–Crippen MR) is 602 cm³/mol. The summed E-state index contributed by atoms with van der Waals surface area (Å²) < 4.78 is 7.13. The van der Waals surface area contributed by atoms with Gasteiger partial charge in [-0.3, -0.25) is 0 Å². The standard InChI is InChI=1S/2C47H32N2.C43H30N2/c1-2-13-38(14-3-1)48-44-27-23-34(32-21-25-39(26-22-32)49-46-19-8-6-16-42(46)43-17-7-9-20-47(43)49)29-36(44)31-37-30-35(24-28-45(37)48)41-18-10-12-33-11-4-5-15-40(33)41;1-2-12-40(13-3-1)48-44-26-22-35(33-20-24-41(25-21-33)49-46-16-8-6-14-42(46)43-15-7-9-17-47(43)49)29-38(44)31-39-30-37(23-27-45(39)48)36-19-18-32-10-4-5-11-34(32)28-36;1-3-11-30(12-4-1)32-21-25-40-34(27-32)29-35-28-33(22-26-41(35)44(40)36-13-5-2-6-14-36)31-19-23-37(24-20-31)45-42-17-9-7-15-38(42)39-16-8-10-18-43(39)45/h2*1-30H,31H2;1-28H,29H2. The van der Waals surface area contributed by atoms with Gasteiger partial charge in [0.2, 0.25) is 0 Å². The van der Waals surface area contributed by atoms with Crippen LogP contribution in [0.2, 0.25) is 0 Å². The van der Waals surface area contributed by atoms with Crippen LogP contribution in [0.3, 0.4) is 0 Å². The third-order valence-electron chi connectivity index (χ3n) is 29.5. The van der Waals surface area contributed by atoms with Crippen LogP contribution in [0.15, 0.2) is 534 Å². The molecule has 0 amide bonds. The van der Waals surface area contributed by atoms with Crippen LogP contribution >= 0.6 is 0 Å². The van der Waals surface area contributed by atoms with E-state index in [-0.39, 0.29) is 0 Å². The van der Waals surface area contributed by atoms with Crippen LogP contribution in [0.25, 0.3) is 171 Å². The van der Waals surface area contributed by atoms with Gasteiger partial charge in [-0.2, -0.15) is 0 Å². The molecule has 0 saturated carbocycles. The van der Waals surface area contributed by atoms with Crippen molar-refractivity contribution in [1.82, 2.24) is 13.7 Å². The van der Waals surface area contributed by atoms with E-state index in [2.05, 4.69) is 562 Å². The van der Waals surface area contributed by atoms with Crippen molar-refractivity contribution in [3.8, 4) is 83.8 Å². The Kier molecular flexibility index (Phi) is 20.7. The van der Waals surface area contributed by atoms with Crippen LogP contribution in [0.1, 0.15) is 33.4 Å². The van der Waals surface area contributed by atoms with Gasteiger partial charge in [0, 0.05) is 120 Å². The van der Waals surface area contributed by atoms with Gasteiger partial charge in [0.25, 0.3) is 0 Å². The average Bonchev–Trinajstić information content (AvgIpc) is 1.42. The molecule has 6 heterocycles. The molecule has 6 nitrogen and oxygen atoms in total. The number of benzene rings is 23. The molecular weight excluding hydrogens is 1730 g/mol. The van der Waals surface area contributed by atoms with Crippen LogP contribution in [-0.4, -0.2) is 13.7 Å². The lowest BCUT2D eigenvalue weighted by molar-refractivity contribution is 1.09. The molecule has 0 saturated heterocycles. The van der Waals surface area contributed by atoms with E-state index in [0.29, 0.717) is 0 Å². The largest absolute Gasteiger partial charge is 0.310 e. The molecule has 3 aromatic heterocycles. The molecule has 29 rings (SSSR count). The lowest BCUT2D eigenvalue weighted by Gasteiger charge is -2.34. The van der Waals surface area contributed by atoms with Crippen LogP contribution < -0.4 is 14.7 Å². The molecule has 0 fully saturated rings. The summed E-state index contributed by atoms with van der Waals surface area (Å²) in [7, 11) is 0. The minimum Gasteiger partial charge on any atom is -0.310 e. The Morgan fingerprint density at radius 2 is 0.350 bits per heavy atom. The Labute approximate surface area is 830 Å². The van der Waals surface area contributed by atoms with Crippen LogP contribution in [0, 0.1) is 0 Å². The summed E-state index contributed by atoms with van der Waals surface area (Å²) in [6.07, 6.45) is 2.64. The maximum Gasteiger partial charge on any atom is 0.0541 e. The van der Waals surface area contributed by atoms with Gasteiger partial charge < -0.3 is 28.4 Å². The van der Waals surface area contributed by atoms with E-state index in [0.717, 1.165) is 19.3 Å². The topological polar surface area (TPSA) is 24.5 Å². The lowest BCUT2D eigenvalue weighted by atomic mass is 9.89. The van der Waals surface area contributed by atoms with Crippen molar-refractivity contribution in [2.45, 2.75) is 19.3 Å². The van der Waals surface area contributed by atoms with Crippen molar-refractivity contribution in [3.63, 3.8) is 0 Å². The van der Waals surface area contributed by atoms with E-state index in [1.54, 1.807) is 0 Å². The molecule has 26 aromatic rings. The van der Waals surface area contributed by atoms with E-state index < -0.39 is 0 Å². The second-order valence-electron chi connectivity index (χ2n) is 37.8. The summed E-state index contributed by atoms with van der Waals surface area (Å²) in [5.74, 6) is 0. The Hall–Kier alpha value is -18.6. The van der Waals surface area contributed by atoms with Crippen molar-refractivity contribution in [2.75, 3.05) is 14.7 Å². The molecule has 23 aromatic carbocycles. The van der Waals surface area contributed by atoms with Gasteiger partial charge in [0.15, 0.2) is 0 Å². The maximum atomic E-state index is 2.43. The normalized spacial score (nSPS) is 12.3. The molecule has 143 heavy (non-hydrogen) atoms. The first kappa shape index (κ1) is 83.7. The molecule has 0 atom stereocenters. The highest BCUT2D eigenvalue weighted by molar-refractivity contribution is 6.12. The lowest BCUT2D eigenvalue weighted by Crippen LogP contribution is -2.18.